The van der Waals surface area contributed by atoms with Crippen molar-refractivity contribution in [2.75, 3.05) is 20.5 Å². The Morgan fingerprint density at radius 1 is 0.914 bits per heavy atom. The minimum absolute atomic E-state index is 0.341. The average molecular weight is 490 g/mol. The molecule has 8 heteroatoms. The molecule has 1 N–H and O–H groups in total. The highest BCUT2D eigenvalue weighted by Gasteiger charge is 2.40. The SMILES string of the molecule is COC(=O)C1=C(C)NC(C)=C(C(=O)OC)C1c1cn(-c2ccccc2)nc1-c1ccc(SC)cc1. The number of ether oxygens (including phenoxy) is 2. The Hall–Kier alpha value is -3.78. The van der Waals surface area contributed by atoms with Gasteiger partial charge in [0.2, 0.25) is 0 Å². The van der Waals surface area contributed by atoms with Gasteiger partial charge in [-0.15, -0.1) is 11.8 Å². The van der Waals surface area contributed by atoms with E-state index >= 15 is 0 Å². The lowest BCUT2D eigenvalue weighted by atomic mass is 9.79. The number of benzene rings is 2. The molecule has 2 heterocycles. The topological polar surface area (TPSA) is 82.5 Å². The first kappa shape index (κ1) is 24.3. The van der Waals surface area contributed by atoms with Crippen molar-refractivity contribution in [2.45, 2.75) is 24.7 Å². The van der Waals surface area contributed by atoms with Gasteiger partial charge in [0.25, 0.3) is 0 Å². The second-order valence-electron chi connectivity index (χ2n) is 8.06. The summed E-state index contributed by atoms with van der Waals surface area (Å²) in [6.45, 7) is 3.59. The summed E-state index contributed by atoms with van der Waals surface area (Å²) in [7, 11) is 2.66. The van der Waals surface area contributed by atoms with Crippen molar-refractivity contribution in [3.8, 4) is 16.9 Å². The maximum absolute atomic E-state index is 13.0. The molecule has 0 fully saturated rings. The van der Waals surface area contributed by atoms with Crippen LogP contribution in [-0.2, 0) is 19.1 Å². The van der Waals surface area contributed by atoms with E-state index in [0.29, 0.717) is 33.8 Å². The highest BCUT2D eigenvalue weighted by atomic mass is 32.2. The zero-order valence-electron chi connectivity index (χ0n) is 20.3. The summed E-state index contributed by atoms with van der Waals surface area (Å²) in [4.78, 5) is 27.1. The van der Waals surface area contributed by atoms with E-state index in [9.17, 15) is 9.59 Å². The Morgan fingerprint density at radius 3 is 2.00 bits per heavy atom. The van der Waals surface area contributed by atoms with Gasteiger partial charge in [-0.05, 0) is 44.4 Å². The molecule has 0 radical (unpaired) electrons. The number of thioether (sulfide) groups is 1. The number of hydrogen-bond donors (Lipinski definition) is 1. The number of allylic oxidation sites excluding steroid dienone is 2. The predicted octanol–water partition coefficient (Wildman–Crippen LogP) is 4.84. The van der Waals surface area contributed by atoms with Crippen LogP contribution in [0.15, 0.2) is 88.2 Å². The van der Waals surface area contributed by atoms with Crippen molar-refractivity contribution >= 4 is 23.7 Å². The molecule has 4 rings (SSSR count). The Balaban J connectivity index is 2.01. The molecular formula is C27H27N3O4S. The number of nitrogens with zero attached hydrogens (tertiary/aromatic N) is 2. The first-order valence-electron chi connectivity index (χ1n) is 11.0. The number of carbonyl (C=O) groups excluding carboxylic acids is 2. The third-order valence-corrected chi connectivity index (χ3v) is 6.75. The first-order chi connectivity index (χ1) is 16.9. The summed E-state index contributed by atoms with van der Waals surface area (Å²) >= 11 is 1.65. The average Bonchev–Trinajstić information content (AvgIpc) is 3.33. The first-order valence-corrected chi connectivity index (χ1v) is 12.3. The lowest BCUT2D eigenvalue weighted by molar-refractivity contribution is -0.137. The van der Waals surface area contributed by atoms with E-state index in [4.69, 9.17) is 14.6 Å². The summed E-state index contributed by atoms with van der Waals surface area (Å²) in [5, 5.41) is 8.06. The molecule has 0 saturated heterocycles. The van der Waals surface area contributed by atoms with Crippen molar-refractivity contribution in [1.82, 2.24) is 15.1 Å². The van der Waals surface area contributed by atoms with Gasteiger partial charge in [0, 0.05) is 33.6 Å². The summed E-state index contributed by atoms with van der Waals surface area (Å²) in [5.41, 5.74) is 5.00. The van der Waals surface area contributed by atoms with Crippen molar-refractivity contribution in [1.29, 1.82) is 0 Å². The fourth-order valence-electron chi connectivity index (χ4n) is 4.35. The molecular weight excluding hydrogens is 462 g/mol. The Kier molecular flexibility index (Phi) is 7.12. The Bertz CT molecular complexity index is 1290. The minimum Gasteiger partial charge on any atom is -0.466 e. The third-order valence-electron chi connectivity index (χ3n) is 6.01. The van der Waals surface area contributed by atoms with Crippen LogP contribution < -0.4 is 5.32 Å². The van der Waals surface area contributed by atoms with Gasteiger partial charge in [-0.1, -0.05) is 30.3 Å². The highest BCUT2D eigenvalue weighted by molar-refractivity contribution is 7.98. The number of aromatic nitrogens is 2. The molecule has 0 atom stereocenters. The molecule has 0 amide bonds. The van der Waals surface area contributed by atoms with Crippen molar-refractivity contribution < 1.29 is 19.1 Å². The molecule has 180 valence electrons. The van der Waals surface area contributed by atoms with Crippen LogP contribution in [0.2, 0.25) is 0 Å². The fraction of sp³-hybridized carbons (Fsp3) is 0.222. The summed E-state index contributed by atoms with van der Waals surface area (Å²) < 4.78 is 12.0. The van der Waals surface area contributed by atoms with Gasteiger partial charge in [-0.3, -0.25) is 0 Å². The predicted molar refractivity (Wildman–Crippen MR) is 136 cm³/mol. The number of esters is 2. The second kappa shape index (κ2) is 10.2. The van der Waals surface area contributed by atoms with E-state index in [1.54, 1.807) is 30.3 Å². The molecule has 0 unspecified atom stereocenters. The van der Waals surface area contributed by atoms with Gasteiger partial charge in [0.1, 0.15) is 0 Å². The molecule has 1 aliphatic rings. The van der Waals surface area contributed by atoms with Gasteiger partial charge < -0.3 is 14.8 Å². The lowest BCUT2D eigenvalue weighted by Crippen LogP contribution is -2.32. The molecule has 1 aliphatic heterocycles. The largest absolute Gasteiger partial charge is 0.466 e. The third kappa shape index (κ3) is 4.61. The number of dihydropyridines is 1. The smallest absolute Gasteiger partial charge is 0.336 e. The van der Waals surface area contributed by atoms with Crippen LogP contribution in [0.25, 0.3) is 16.9 Å². The Labute approximate surface area is 208 Å². The zero-order valence-corrected chi connectivity index (χ0v) is 21.1. The van der Waals surface area contributed by atoms with Gasteiger partial charge in [-0.2, -0.15) is 5.10 Å². The summed E-state index contributed by atoms with van der Waals surface area (Å²) in [6, 6.07) is 17.7. The van der Waals surface area contributed by atoms with Crippen LogP contribution >= 0.6 is 11.8 Å². The van der Waals surface area contributed by atoms with Crippen molar-refractivity contribution in [3.63, 3.8) is 0 Å². The van der Waals surface area contributed by atoms with Crippen LogP contribution in [0.1, 0.15) is 25.3 Å². The number of rotatable bonds is 6. The van der Waals surface area contributed by atoms with Gasteiger partial charge >= 0.3 is 11.9 Å². The monoisotopic (exact) mass is 489 g/mol. The van der Waals surface area contributed by atoms with E-state index in [-0.39, 0.29) is 0 Å². The molecule has 3 aromatic rings. The van der Waals surface area contributed by atoms with Gasteiger partial charge in [0.05, 0.1) is 42.7 Å². The maximum atomic E-state index is 13.0. The molecule has 35 heavy (non-hydrogen) atoms. The fourth-order valence-corrected chi connectivity index (χ4v) is 4.76. The van der Waals surface area contributed by atoms with Gasteiger partial charge in [0.15, 0.2) is 0 Å². The molecule has 2 aromatic carbocycles. The van der Waals surface area contributed by atoms with Crippen LogP contribution in [0.5, 0.6) is 0 Å². The van der Waals surface area contributed by atoms with E-state index in [2.05, 4.69) is 5.32 Å². The van der Waals surface area contributed by atoms with Gasteiger partial charge in [-0.25, -0.2) is 14.3 Å². The number of carbonyl (C=O) groups is 2. The van der Waals surface area contributed by atoms with E-state index in [0.717, 1.165) is 16.1 Å². The lowest BCUT2D eigenvalue weighted by Gasteiger charge is -2.29. The molecule has 1 aromatic heterocycles. The Morgan fingerprint density at radius 2 is 1.49 bits per heavy atom. The van der Waals surface area contributed by atoms with Crippen LogP contribution in [0.4, 0.5) is 0 Å². The molecule has 7 nitrogen and oxygen atoms in total. The van der Waals surface area contributed by atoms with E-state index < -0.39 is 17.9 Å². The quantitative estimate of drug-likeness (QED) is 0.392. The molecule has 0 bridgehead atoms. The van der Waals surface area contributed by atoms with E-state index in [1.807, 2.05) is 67.0 Å². The number of hydrogen-bond acceptors (Lipinski definition) is 7. The molecule has 0 saturated carbocycles. The van der Waals surface area contributed by atoms with Crippen LogP contribution in [0, 0.1) is 0 Å². The normalized spacial score (nSPS) is 14.1. The van der Waals surface area contributed by atoms with Crippen molar-refractivity contribution in [3.05, 3.63) is 88.9 Å². The minimum atomic E-state index is -0.733. The summed E-state index contributed by atoms with van der Waals surface area (Å²) in [6.07, 6.45) is 3.89. The van der Waals surface area contributed by atoms with Crippen LogP contribution in [-0.4, -0.2) is 42.2 Å². The number of para-hydroxylation sites is 1. The maximum Gasteiger partial charge on any atom is 0.336 e. The van der Waals surface area contributed by atoms with E-state index in [1.165, 1.54) is 14.2 Å². The van der Waals surface area contributed by atoms with Crippen LogP contribution in [0.3, 0.4) is 0 Å². The molecule has 0 aliphatic carbocycles. The zero-order chi connectivity index (χ0) is 25.1. The number of nitrogens with one attached hydrogen (secondary N) is 1. The highest BCUT2D eigenvalue weighted by Crippen LogP contribution is 2.43. The second-order valence-corrected chi connectivity index (χ2v) is 8.94. The number of methoxy groups -OCH3 is 2. The standard InChI is InChI=1S/C27H27N3O4S/c1-16-22(26(31)33-3)24(23(17(2)28-16)27(32)34-4)21-15-30(19-9-7-6-8-10-19)29-25(21)18-11-13-20(35-5)14-12-18/h6-15,24,28H,1-5H3. The summed E-state index contributed by atoms with van der Waals surface area (Å²) in [5.74, 6) is -1.78. The van der Waals surface area contributed by atoms with Crippen molar-refractivity contribution in [2.24, 2.45) is 0 Å². The molecule has 0 spiro atoms.